The van der Waals surface area contributed by atoms with Gasteiger partial charge in [-0.05, 0) is 70.6 Å². The van der Waals surface area contributed by atoms with Gasteiger partial charge < -0.3 is 20.1 Å². The minimum absolute atomic E-state index is 0.576. The maximum absolute atomic E-state index is 6.07. The normalized spacial score (nSPS) is 11.7. The number of hydrogen-bond acceptors (Lipinski definition) is 4. The van der Waals surface area contributed by atoms with Gasteiger partial charge >= 0.3 is 0 Å². The largest absolute Gasteiger partial charge is 0.493 e. The van der Waals surface area contributed by atoms with Crippen LogP contribution >= 0.6 is 0 Å². The number of unbranched alkanes of at least 4 members (excludes halogenated alkanes) is 3. The summed E-state index contributed by atoms with van der Waals surface area (Å²) in [6, 6.07) is 16.2. The Morgan fingerprint density at radius 2 is 1.71 bits per heavy atom. The van der Waals surface area contributed by atoms with Gasteiger partial charge in [-0.25, -0.2) is 4.99 Å². The fourth-order valence-corrected chi connectivity index (χ4v) is 3.69. The first kappa shape index (κ1) is 35.1. The van der Waals surface area contributed by atoms with Crippen molar-refractivity contribution in [1.82, 2.24) is 10.6 Å². The molecule has 0 unspecified atom stereocenters. The molecule has 2 rings (SSSR count). The molecule has 0 aliphatic heterocycles. The van der Waals surface area contributed by atoms with Crippen LogP contribution in [0, 0.1) is 6.92 Å². The van der Waals surface area contributed by atoms with Crippen LogP contribution < -0.4 is 15.4 Å². The molecule has 0 saturated carbocycles. The minimum Gasteiger partial charge on any atom is -0.493 e. The van der Waals surface area contributed by atoms with Crippen molar-refractivity contribution < 1.29 is 9.47 Å². The third kappa shape index (κ3) is 14.9. The van der Waals surface area contributed by atoms with Crippen LogP contribution in [0.3, 0.4) is 0 Å². The number of aryl methyl sites for hydroxylation is 1. The SMILES string of the molecule is C=CCCCCCOc1ccccc1CNC(=C)NC(=NC(/C=C(\C)CC=C)=NC)c1ccccc1C.CCOC. The van der Waals surface area contributed by atoms with E-state index in [1.54, 1.807) is 14.2 Å². The zero-order valence-corrected chi connectivity index (χ0v) is 25.8. The van der Waals surface area contributed by atoms with Crippen molar-refractivity contribution >= 4 is 11.7 Å². The fourth-order valence-electron chi connectivity index (χ4n) is 3.69. The molecule has 0 aliphatic rings. The average molecular weight is 559 g/mol. The van der Waals surface area contributed by atoms with Gasteiger partial charge in [0, 0.05) is 38.4 Å². The molecular formula is C35H50N4O2. The van der Waals surface area contributed by atoms with Gasteiger partial charge in [0.05, 0.1) is 12.4 Å². The monoisotopic (exact) mass is 558 g/mol. The third-order valence-corrected chi connectivity index (χ3v) is 6.03. The number of amidine groups is 2. The maximum atomic E-state index is 6.07. The second kappa shape index (κ2) is 21.9. The first-order valence-electron chi connectivity index (χ1n) is 14.3. The number of nitrogens with zero attached hydrogens (tertiary/aromatic N) is 2. The van der Waals surface area contributed by atoms with Gasteiger partial charge in [-0.1, -0.05) is 66.8 Å². The molecule has 0 atom stereocenters. The molecule has 0 radical (unpaired) electrons. The van der Waals surface area contributed by atoms with Gasteiger partial charge in [0.1, 0.15) is 17.4 Å². The Morgan fingerprint density at radius 3 is 2.37 bits per heavy atom. The van der Waals surface area contributed by atoms with Gasteiger partial charge in [0.15, 0.2) is 0 Å². The van der Waals surface area contributed by atoms with E-state index in [9.17, 15) is 0 Å². The smallest absolute Gasteiger partial charge is 0.149 e. The van der Waals surface area contributed by atoms with Gasteiger partial charge in [-0.3, -0.25) is 4.99 Å². The highest BCUT2D eigenvalue weighted by Crippen LogP contribution is 2.19. The Labute approximate surface area is 248 Å². The quantitative estimate of drug-likeness (QED) is 0.0950. The summed E-state index contributed by atoms with van der Waals surface area (Å²) in [5.41, 5.74) is 4.31. The molecule has 0 saturated heterocycles. The number of ether oxygens (including phenoxy) is 2. The van der Waals surface area contributed by atoms with Crippen LogP contribution in [0.1, 0.15) is 62.6 Å². The Bertz CT molecular complexity index is 1160. The molecule has 2 aromatic rings. The number of hydrogen-bond donors (Lipinski definition) is 2. The summed E-state index contributed by atoms with van der Waals surface area (Å²) in [4.78, 5) is 9.22. The Balaban J connectivity index is 0.00000196. The van der Waals surface area contributed by atoms with Gasteiger partial charge in [-0.15, -0.1) is 13.2 Å². The molecule has 0 spiro atoms. The second-order valence-electron chi connectivity index (χ2n) is 9.47. The van der Waals surface area contributed by atoms with Crippen molar-refractivity contribution in [3.63, 3.8) is 0 Å². The van der Waals surface area contributed by atoms with Crippen molar-refractivity contribution in [2.45, 2.75) is 59.4 Å². The van der Waals surface area contributed by atoms with E-state index in [0.29, 0.717) is 30.6 Å². The Morgan fingerprint density at radius 1 is 1.00 bits per heavy atom. The number of allylic oxidation sites excluding steroid dienone is 3. The van der Waals surface area contributed by atoms with Crippen molar-refractivity contribution in [2.24, 2.45) is 9.98 Å². The number of para-hydroxylation sites is 1. The van der Waals surface area contributed by atoms with Crippen molar-refractivity contribution in [2.75, 3.05) is 27.4 Å². The van der Waals surface area contributed by atoms with Crippen LogP contribution in [0.5, 0.6) is 5.75 Å². The Hall–Kier alpha value is -3.90. The number of methoxy groups -OCH3 is 1. The molecule has 2 aromatic carbocycles. The molecule has 0 heterocycles. The van der Waals surface area contributed by atoms with E-state index in [1.165, 1.54) is 0 Å². The molecule has 41 heavy (non-hydrogen) atoms. The van der Waals surface area contributed by atoms with Crippen LogP contribution in [0.15, 0.2) is 108 Å². The number of rotatable bonds is 16. The minimum atomic E-state index is 0.576. The Kier molecular flexibility index (Phi) is 18.7. The predicted octanol–water partition coefficient (Wildman–Crippen LogP) is 7.92. The zero-order valence-electron chi connectivity index (χ0n) is 25.8. The highest BCUT2D eigenvalue weighted by Gasteiger charge is 2.10. The molecule has 2 N–H and O–H groups in total. The van der Waals surface area contributed by atoms with Crippen LogP contribution in [0.4, 0.5) is 0 Å². The first-order chi connectivity index (χ1) is 19.9. The van der Waals surface area contributed by atoms with Crippen molar-refractivity contribution in [1.29, 1.82) is 0 Å². The summed E-state index contributed by atoms with van der Waals surface area (Å²) in [6.07, 6.45) is 11.0. The molecule has 0 bridgehead atoms. The van der Waals surface area contributed by atoms with Crippen LogP contribution in [0.25, 0.3) is 0 Å². The number of nitrogens with one attached hydrogen (secondary N) is 2. The van der Waals surface area contributed by atoms with E-state index in [2.05, 4.69) is 59.2 Å². The van der Waals surface area contributed by atoms with Crippen LogP contribution in [0.2, 0.25) is 0 Å². The summed E-state index contributed by atoms with van der Waals surface area (Å²) in [6.45, 7) is 20.0. The number of benzene rings is 2. The standard InChI is InChI=1S/C32H42N4O.C3H8O/c1-7-9-10-11-16-22-37-30-21-15-13-19-28(30)24-34-27(5)35-32(29-20-14-12-18-26(29)4)36-31(33-6)23-25(3)17-8-2;1-3-4-2/h7-8,12-15,18-21,23,34H,1-2,5,9-11,16-17,22,24H2,3-4,6H3,(H,33,35,36);3H2,1-2H3/b25-23+;. The molecule has 0 fully saturated rings. The summed E-state index contributed by atoms with van der Waals surface area (Å²) in [7, 11) is 3.43. The van der Waals surface area contributed by atoms with E-state index in [0.717, 1.165) is 66.7 Å². The third-order valence-electron chi connectivity index (χ3n) is 6.03. The van der Waals surface area contributed by atoms with Crippen LogP contribution in [-0.2, 0) is 11.3 Å². The van der Waals surface area contributed by atoms with E-state index in [-0.39, 0.29) is 0 Å². The highest BCUT2D eigenvalue weighted by molar-refractivity contribution is 6.10. The lowest BCUT2D eigenvalue weighted by Gasteiger charge is -2.17. The molecule has 222 valence electrons. The lowest BCUT2D eigenvalue weighted by Crippen LogP contribution is -2.32. The number of aliphatic imine (C=N–C) groups is 2. The first-order valence-corrected chi connectivity index (χ1v) is 14.3. The lowest BCUT2D eigenvalue weighted by atomic mass is 10.1. The van der Waals surface area contributed by atoms with E-state index in [1.807, 2.05) is 68.5 Å². The molecule has 6 heteroatoms. The maximum Gasteiger partial charge on any atom is 0.149 e. The van der Waals surface area contributed by atoms with Gasteiger partial charge in [0.2, 0.25) is 0 Å². The summed E-state index contributed by atoms with van der Waals surface area (Å²) < 4.78 is 10.6. The molecular weight excluding hydrogens is 508 g/mol. The molecule has 0 amide bonds. The van der Waals surface area contributed by atoms with E-state index in [4.69, 9.17) is 9.73 Å². The molecule has 0 aromatic heterocycles. The van der Waals surface area contributed by atoms with Crippen LogP contribution in [-0.4, -0.2) is 39.0 Å². The highest BCUT2D eigenvalue weighted by atomic mass is 16.5. The predicted molar refractivity (Wildman–Crippen MR) is 177 cm³/mol. The van der Waals surface area contributed by atoms with E-state index < -0.39 is 0 Å². The molecule has 0 aliphatic carbocycles. The van der Waals surface area contributed by atoms with E-state index >= 15 is 0 Å². The van der Waals surface area contributed by atoms with Crippen molar-refractivity contribution in [3.05, 3.63) is 115 Å². The summed E-state index contributed by atoms with van der Waals surface area (Å²) in [5.74, 6) is 2.85. The average Bonchev–Trinajstić information content (AvgIpc) is 2.98. The zero-order chi connectivity index (χ0) is 30.3. The van der Waals surface area contributed by atoms with Gasteiger partial charge in [-0.2, -0.15) is 0 Å². The van der Waals surface area contributed by atoms with Gasteiger partial charge in [0.25, 0.3) is 0 Å². The summed E-state index contributed by atoms with van der Waals surface area (Å²) in [5, 5.41) is 6.75. The lowest BCUT2D eigenvalue weighted by molar-refractivity contribution is 0.215. The van der Waals surface area contributed by atoms with Crippen molar-refractivity contribution in [3.8, 4) is 5.75 Å². The fraction of sp³-hybridized carbons (Fsp3) is 0.371. The second-order valence-corrected chi connectivity index (χ2v) is 9.47. The topological polar surface area (TPSA) is 67.2 Å². The summed E-state index contributed by atoms with van der Waals surface area (Å²) >= 11 is 0. The molecule has 6 nitrogen and oxygen atoms in total.